The Bertz CT molecular complexity index is 775. The van der Waals surface area contributed by atoms with E-state index in [1.54, 1.807) is 11.3 Å². The second kappa shape index (κ2) is 4.52. The SMILES string of the molecule is Cc1sc2nc(-c3ccccc3)c(CC#N)n2c1C. The third kappa shape index (κ3) is 1.83. The maximum atomic E-state index is 9.08. The summed E-state index contributed by atoms with van der Waals surface area (Å²) in [5.74, 6) is 0. The van der Waals surface area contributed by atoms with Crippen LogP contribution in [0.2, 0.25) is 0 Å². The van der Waals surface area contributed by atoms with Crippen molar-refractivity contribution in [2.75, 3.05) is 0 Å². The van der Waals surface area contributed by atoms with E-state index in [9.17, 15) is 0 Å². The molecule has 0 spiro atoms. The van der Waals surface area contributed by atoms with Gasteiger partial charge in [0.15, 0.2) is 4.96 Å². The maximum absolute atomic E-state index is 9.08. The molecule has 19 heavy (non-hydrogen) atoms. The molecule has 0 aliphatic rings. The van der Waals surface area contributed by atoms with Crippen LogP contribution in [-0.2, 0) is 6.42 Å². The van der Waals surface area contributed by atoms with Gasteiger partial charge in [-0.2, -0.15) is 5.26 Å². The minimum Gasteiger partial charge on any atom is -0.290 e. The number of nitriles is 1. The Balaban J connectivity index is 2.31. The van der Waals surface area contributed by atoms with E-state index in [2.05, 4.69) is 24.3 Å². The number of imidazole rings is 1. The van der Waals surface area contributed by atoms with Gasteiger partial charge >= 0.3 is 0 Å². The fourth-order valence-electron chi connectivity index (χ4n) is 2.28. The minimum atomic E-state index is 0.377. The van der Waals surface area contributed by atoms with Gasteiger partial charge in [0.1, 0.15) is 0 Å². The second-order valence-electron chi connectivity index (χ2n) is 4.47. The topological polar surface area (TPSA) is 41.1 Å². The summed E-state index contributed by atoms with van der Waals surface area (Å²) in [5.41, 5.74) is 4.17. The van der Waals surface area contributed by atoms with E-state index in [-0.39, 0.29) is 0 Å². The Morgan fingerprint density at radius 3 is 2.68 bits per heavy atom. The van der Waals surface area contributed by atoms with Crippen molar-refractivity contribution in [2.45, 2.75) is 20.3 Å². The number of nitrogens with zero attached hydrogens (tertiary/aromatic N) is 3. The van der Waals surface area contributed by atoms with Gasteiger partial charge in [-0.15, -0.1) is 11.3 Å². The highest BCUT2D eigenvalue weighted by atomic mass is 32.1. The summed E-state index contributed by atoms with van der Waals surface area (Å²) in [6.45, 7) is 4.17. The van der Waals surface area contributed by atoms with Crippen LogP contribution in [0.5, 0.6) is 0 Å². The first-order valence-corrected chi connectivity index (χ1v) is 6.93. The predicted octanol–water partition coefficient (Wildman–Crippen LogP) is 3.75. The molecule has 0 saturated heterocycles. The maximum Gasteiger partial charge on any atom is 0.194 e. The van der Waals surface area contributed by atoms with Gasteiger partial charge in [-0.05, 0) is 13.8 Å². The number of hydrogen-bond acceptors (Lipinski definition) is 3. The number of fused-ring (bicyclic) bond motifs is 1. The van der Waals surface area contributed by atoms with Crippen LogP contribution in [0, 0.1) is 25.2 Å². The largest absolute Gasteiger partial charge is 0.290 e. The lowest BCUT2D eigenvalue weighted by Gasteiger charge is -2.02. The van der Waals surface area contributed by atoms with E-state index >= 15 is 0 Å². The Kier molecular flexibility index (Phi) is 2.84. The van der Waals surface area contributed by atoms with E-state index < -0.39 is 0 Å². The smallest absolute Gasteiger partial charge is 0.194 e. The lowest BCUT2D eigenvalue weighted by Crippen LogP contribution is -1.95. The lowest BCUT2D eigenvalue weighted by molar-refractivity contribution is 1.02. The summed E-state index contributed by atoms with van der Waals surface area (Å²) < 4.78 is 2.12. The molecule has 0 N–H and O–H groups in total. The average molecular weight is 267 g/mol. The van der Waals surface area contributed by atoms with E-state index in [4.69, 9.17) is 10.2 Å². The van der Waals surface area contributed by atoms with Crippen LogP contribution in [0.3, 0.4) is 0 Å². The minimum absolute atomic E-state index is 0.377. The number of rotatable bonds is 2. The molecule has 0 atom stereocenters. The molecule has 0 unspecified atom stereocenters. The van der Waals surface area contributed by atoms with E-state index in [0.717, 1.165) is 21.9 Å². The molecule has 0 bridgehead atoms. The Morgan fingerprint density at radius 1 is 1.26 bits per heavy atom. The molecule has 3 rings (SSSR count). The number of aromatic nitrogens is 2. The summed E-state index contributed by atoms with van der Waals surface area (Å²) in [6, 6.07) is 12.3. The first-order chi connectivity index (χ1) is 9.22. The molecule has 0 aliphatic carbocycles. The van der Waals surface area contributed by atoms with Crippen LogP contribution in [0.4, 0.5) is 0 Å². The zero-order valence-electron chi connectivity index (χ0n) is 10.8. The zero-order chi connectivity index (χ0) is 13.4. The fourth-order valence-corrected chi connectivity index (χ4v) is 3.27. The third-order valence-corrected chi connectivity index (χ3v) is 4.38. The van der Waals surface area contributed by atoms with Crippen LogP contribution in [-0.4, -0.2) is 9.38 Å². The van der Waals surface area contributed by atoms with Gasteiger partial charge in [-0.3, -0.25) is 4.40 Å². The summed E-state index contributed by atoms with van der Waals surface area (Å²) in [4.78, 5) is 6.94. The van der Waals surface area contributed by atoms with Crippen molar-refractivity contribution in [3.63, 3.8) is 0 Å². The molecular formula is C15H13N3S. The highest BCUT2D eigenvalue weighted by Crippen LogP contribution is 2.30. The molecule has 0 saturated carbocycles. The molecule has 2 aromatic heterocycles. The normalized spacial score (nSPS) is 10.8. The Morgan fingerprint density at radius 2 is 2.00 bits per heavy atom. The molecule has 0 fully saturated rings. The fraction of sp³-hybridized carbons (Fsp3) is 0.200. The number of hydrogen-bond donors (Lipinski definition) is 0. The van der Waals surface area contributed by atoms with Gasteiger partial charge < -0.3 is 0 Å². The van der Waals surface area contributed by atoms with Crippen molar-refractivity contribution >= 4 is 16.3 Å². The Hall–Kier alpha value is -2.12. The second-order valence-corrected chi connectivity index (χ2v) is 5.65. The van der Waals surface area contributed by atoms with Crippen molar-refractivity contribution in [1.82, 2.24) is 9.38 Å². The molecular weight excluding hydrogens is 254 g/mol. The van der Waals surface area contributed by atoms with Gasteiger partial charge in [0.25, 0.3) is 0 Å². The van der Waals surface area contributed by atoms with Crippen LogP contribution in [0.15, 0.2) is 30.3 Å². The predicted molar refractivity (Wildman–Crippen MR) is 77.3 cm³/mol. The molecule has 2 heterocycles. The number of thiazole rings is 1. The van der Waals surface area contributed by atoms with E-state index in [1.165, 1.54) is 10.6 Å². The molecule has 0 radical (unpaired) electrons. The van der Waals surface area contributed by atoms with Crippen molar-refractivity contribution in [3.05, 3.63) is 46.6 Å². The lowest BCUT2D eigenvalue weighted by atomic mass is 10.1. The molecule has 0 aliphatic heterocycles. The molecule has 1 aromatic carbocycles. The summed E-state index contributed by atoms with van der Waals surface area (Å²) in [7, 11) is 0. The van der Waals surface area contributed by atoms with E-state index in [1.807, 2.05) is 30.3 Å². The van der Waals surface area contributed by atoms with Crippen molar-refractivity contribution in [1.29, 1.82) is 5.26 Å². The summed E-state index contributed by atoms with van der Waals surface area (Å²) >= 11 is 1.68. The van der Waals surface area contributed by atoms with Gasteiger partial charge in [-0.25, -0.2) is 4.98 Å². The van der Waals surface area contributed by atoms with Crippen LogP contribution < -0.4 is 0 Å². The van der Waals surface area contributed by atoms with E-state index in [0.29, 0.717) is 6.42 Å². The molecule has 4 heteroatoms. The third-order valence-electron chi connectivity index (χ3n) is 3.33. The number of aryl methyl sites for hydroxylation is 2. The van der Waals surface area contributed by atoms with Gasteiger partial charge in [-0.1, -0.05) is 30.3 Å². The monoisotopic (exact) mass is 267 g/mol. The molecule has 94 valence electrons. The quantitative estimate of drug-likeness (QED) is 0.709. The highest BCUT2D eigenvalue weighted by molar-refractivity contribution is 7.17. The van der Waals surface area contributed by atoms with Crippen LogP contribution in [0.1, 0.15) is 16.3 Å². The van der Waals surface area contributed by atoms with Crippen molar-refractivity contribution < 1.29 is 0 Å². The first-order valence-electron chi connectivity index (χ1n) is 6.12. The highest BCUT2D eigenvalue weighted by Gasteiger charge is 2.17. The van der Waals surface area contributed by atoms with Crippen LogP contribution in [0.25, 0.3) is 16.2 Å². The van der Waals surface area contributed by atoms with Crippen molar-refractivity contribution in [3.8, 4) is 17.3 Å². The number of benzene rings is 1. The summed E-state index contributed by atoms with van der Waals surface area (Å²) in [5, 5.41) is 9.08. The molecule has 3 nitrogen and oxygen atoms in total. The Labute approximate surface area is 115 Å². The molecule has 0 amide bonds. The average Bonchev–Trinajstić information content (AvgIpc) is 2.90. The molecule has 3 aromatic rings. The zero-order valence-corrected chi connectivity index (χ0v) is 11.7. The van der Waals surface area contributed by atoms with Gasteiger partial charge in [0, 0.05) is 16.1 Å². The first kappa shape index (κ1) is 11.9. The van der Waals surface area contributed by atoms with Crippen LogP contribution >= 0.6 is 11.3 Å². The summed E-state index contributed by atoms with van der Waals surface area (Å²) in [6.07, 6.45) is 0.377. The van der Waals surface area contributed by atoms with Gasteiger partial charge in [0.2, 0.25) is 0 Å². The standard InChI is InChI=1S/C15H13N3S/c1-10-11(2)19-15-17-14(12-6-4-3-5-7-12)13(8-9-16)18(10)15/h3-7H,8H2,1-2H3. The van der Waals surface area contributed by atoms with Gasteiger partial charge in [0.05, 0.1) is 23.9 Å². The van der Waals surface area contributed by atoms with Crippen molar-refractivity contribution in [2.24, 2.45) is 0 Å².